The third-order valence-corrected chi connectivity index (χ3v) is 11.0. The number of aromatic nitrogens is 3. The van der Waals surface area contributed by atoms with E-state index in [0.717, 1.165) is 55.3 Å². The molecule has 0 aliphatic heterocycles. The lowest BCUT2D eigenvalue weighted by atomic mass is 10.0. The molecule has 4 aromatic heterocycles. The van der Waals surface area contributed by atoms with Crippen LogP contribution in [-0.4, -0.2) is 14.5 Å². The van der Waals surface area contributed by atoms with Crippen molar-refractivity contribution in [3.63, 3.8) is 0 Å². The van der Waals surface area contributed by atoms with Gasteiger partial charge in [0.25, 0.3) is 0 Å². The van der Waals surface area contributed by atoms with E-state index in [1.165, 1.54) is 42.0 Å². The molecule has 49 heavy (non-hydrogen) atoms. The molecule has 0 saturated heterocycles. The highest BCUT2D eigenvalue weighted by atomic mass is 32.1. The molecule has 0 amide bonds. The molecule has 0 fully saturated rings. The average molecular weight is 644 g/mol. The summed E-state index contributed by atoms with van der Waals surface area (Å²) in [5.74, 6) is 0.682. The summed E-state index contributed by atoms with van der Waals surface area (Å²) in [5.41, 5.74) is 8.93. The van der Waals surface area contributed by atoms with Crippen molar-refractivity contribution < 1.29 is 4.42 Å². The molecule has 0 radical (unpaired) electrons. The van der Waals surface area contributed by atoms with Crippen molar-refractivity contribution in [2.45, 2.75) is 0 Å². The van der Waals surface area contributed by atoms with E-state index in [9.17, 15) is 0 Å². The van der Waals surface area contributed by atoms with Gasteiger partial charge in [-0.1, -0.05) is 91.0 Å². The predicted octanol–water partition coefficient (Wildman–Crippen LogP) is 12.3. The van der Waals surface area contributed by atoms with Crippen molar-refractivity contribution in [3.8, 4) is 28.3 Å². The van der Waals surface area contributed by atoms with Crippen LogP contribution >= 0.6 is 11.3 Å². The van der Waals surface area contributed by atoms with E-state index in [0.29, 0.717) is 5.82 Å². The number of benzene rings is 7. The number of nitrogens with zero attached hydrogens (tertiary/aromatic N) is 3. The maximum absolute atomic E-state index is 6.45. The van der Waals surface area contributed by atoms with Gasteiger partial charge in [0, 0.05) is 63.9 Å². The van der Waals surface area contributed by atoms with Crippen LogP contribution in [-0.2, 0) is 0 Å². The lowest BCUT2D eigenvalue weighted by Gasteiger charge is -2.12. The van der Waals surface area contributed by atoms with Gasteiger partial charge in [0.1, 0.15) is 11.2 Å². The number of hydrogen-bond acceptors (Lipinski definition) is 4. The number of fused-ring (bicyclic) bond motifs is 11. The van der Waals surface area contributed by atoms with Gasteiger partial charge in [-0.3, -0.25) is 0 Å². The van der Waals surface area contributed by atoms with Gasteiger partial charge in [-0.15, -0.1) is 11.3 Å². The number of furan rings is 1. The first kappa shape index (κ1) is 26.7. The van der Waals surface area contributed by atoms with Gasteiger partial charge in [-0.2, -0.15) is 0 Å². The first-order valence-corrected chi connectivity index (χ1v) is 17.2. The number of hydrogen-bond donors (Lipinski definition) is 0. The van der Waals surface area contributed by atoms with E-state index in [1.54, 1.807) is 0 Å². The molecule has 11 aromatic rings. The molecule has 0 aliphatic carbocycles. The summed E-state index contributed by atoms with van der Waals surface area (Å²) in [4.78, 5) is 10.3. The van der Waals surface area contributed by atoms with Gasteiger partial charge >= 0.3 is 0 Å². The summed E-state index contributed by atoms with van der Waals surface area (Å²) in [6, 6.07) is 53.5. The molecule has 0 N–H and O–H groups in total. The monoisotopic (exact) mass is 643 g/mol. The first-order chi connectivity index (χ1) is 24.3. The molecule has 7 aromatic carbocycles. The van der Waals surface area contributed by atoms with Crippen molar-refractivity contribution >= 4 is 86.2 Å². The zero-order chi connectivity index (χ0) is 32.1. The highest BCUT2D eigenvalue weighted by Crippen LogP contribution is 2.43. The summed E-state index contributed by atoms with van der Waals surface area (Å²) in [6.07, 6.45) is 0. The number of thiophene rings is 1. The minimum atomic E-state index is 0.682. The van der Waals surface area contributed by atoms with Gasteiger partial charge in [-0.25, -0.2) is 9.97 Å². The highest BCUT2D eigenvalue weighted by Gasteiger charge is 2.20. The summed E-state index contributed by atoms with van der Waals surface area (Å²) in [5, 5.41) is 8.30. The molecule has 0 saturated carbocycles. The van der Waals surface area contributed by atoms with Crippen LogP contribution in [0.5, 0.6) is 0 Å². The number of para-hydroxylation sites is 4. The summed E-state index contributed by atoms with van der Waals surface area (Å²) in [7, 11) is 0. The largest absolute Gasteiger partial charge is 0.455 e. The second-order valence-corrected chi connectivity index (χ2v) is 13.6. The molecule has 0 spiro atoms. The summed E-state index contributed by atoms with van der Waals surface area (Å²) < 4.78 is 11.5. The summed E-state index contributed by atoms with van der Waals surface area (Å²) >= 11 is 1.86. The van der Waals surface area contributed by atoms with Crippen molar-refractivity contribution in [1.82, 2.24) is 14.5 Å². The standard InChI is InChI=1S/C44H25N3OS/c1-5-16-35-32(12-1)41(34-15-9-14-31-29-11-3-7-18-37(29)48-43(31)34)46-44(45-35)26-20-22-27(23-21-26)47-36-17-6-2-10-28(36)30-24-25-39-40(42(30)47)33-13-4-8-19-38(33)49-39/h1-25H. The Balaban J connectivity index is 1.12. The van der Waals surface area contributed by atoms with Gasteiger partial charge < -0.3 is 8.98 Å². The fourth-order valence-electron chi connectivity index (χ4n) is 7.64. The van der Waals surface area contributed by atoms with Crippen molar-refractivity contribution in [2.75, 3.05) is 0 Å². The molecule has 5 heteroatoms. The number of rotatable bonds is 3. The Morgan fingerprint density at radius 2 is 1.24 bits per heavy atom. The maximum atomic E-state index is 6.45. The van der Waals surface area contributed by atoms with Crippen molar-refractivity contribution in [3.05, 3.63) is 152 Å². The van der Waals surface area contributed by atoms with Crippen LogP contribution in [0, 0.1) is 0 Å². The van der Waals surface area contributed by atoms with Crippen LogP contribution in [0.4, 0.5) is 0 Å². The molecular formula is C44H25N3OS. The fourth-order valence-corrected chi connectivity index (χ4v) is 8.75. The van der Waals surface area contributed by atoms with Crippen LogP contribution in [0.1, 0.15) is 0 Å². The highest BCUT2D eigenvalue weighted by molar-refractivity contribution is 7.26. The topological polar surface area (TPSA) is 43.9 Å². The quantitative estimate of drug-likeness (QED) is 0.192. The maximum Gasteiger partial charge on any atom is 0.160 e. The smallest absolute Gasteiger partial charge is 0.160 e. The third kappa shape index (κ3) is 3.85. The van der Waals surface area contributed by atoms with Crippen LogP contribution in [0.15, 0.2) is 156 Å². The Hall–Kier alpha value is -6.30. The minimum Gasteiger partial charge on any atom is -0.455 e. The van der Waals surface area contributed by atoms with Gasteiger partial charge in [0.2, 0.25) is 0 Å². The molecule has 0 atom stereocenters. The van der Waals surface area contributed by atoms with Crippen LogP contribution in [0.2, 0.25) is 0 Å². The molecule has 0 bridgehead atoms. The summed E-state index contributed by atoms with van der Waals surface area (Å²) in [6.45, 7) is 0. The third-order valence-electron chi connectivity index (χ3n) is 9.82. The normalized spacial score (nSPS) is 12.1. The first-order valence-electron chi connectivity index (χ1n) is 16.4. The molecule has 0 unspecified atom stereocenters. The molecule has 228 valence electrons. The van der Waals surface area contributed by atoms with Gasteiger partial charge in [0.05, 0.1) is 22.2 Å². The fraction of sp³-hybridized carbons (Fsp3) is 0. The lowest BCUT2D eigenvalue weighted by molar-refractivity contribution is 0.670. The van der Waals surface area contributed by atoms with Crippen molar-refractivity contribution in [1.29, 1.82) is 0 Å². The molecule has 0 aliphatic rings. The minimum absolute atomic E-state index is 0.682. The molecule has 4 heterocycles. The van der Waals surface area contributed by atoms with Crippen LogP contribution in [0.25, 0.3) is 103 Å². The van der Waals surface area contributed by atoms with Crippen molar-refractivity contribution in [2.24, 2.45) is 0 Å². The Bertz CT molecular complexity index is 3110. The van der Waals surface area contributed by atoms with E-state index in [4.69, 9.17) is 14.4 Å². The average Bonchev–Trinajstić information content (AvgIpc) is 3.84. The van der Waals surface area contributed by atoms with E-state index >= 15 is 0 Å². The second kappa shape index (κ2) is 10.1. The zero-order valence-corrected chi connectivity index (χ0v) is 26.9. The zero-order valence-electron chi connectivity index (χ0n) is 26.1. The molecule has 4 nitrogen and oxygen atoms in total. The lowest BCUT2D eigenvalue weighted by Crippen LogP contribution is -1.97. The predicted molar refractivity (Wildman–Crippen MR) is 205 cm³/mol. The van der Waals surface area contributed by atoms with E-state index in [1.807, 2.05) is 35.6 Å². The molecule has 11 rings (SSSR count). The van der Waals surface area contributed by atoms with E-state index in [-0.39, 0.29) is 0 Å². The van der Waals surface area contributed by atoms with Crippen LogP contribution in [0.3, 0.4) is 0 Å². The second-order valence-electron chi connectivity index (χ2n) is 12.5. The Morgan fingerprint density at radius 1 is 0.510 bits per heavy atom. The van der Waals surface area contributed by atoms with Crippen LogP contribution < -0.4 is 0 Å². The Kier molecular flexibility index (Phi) is 5.51. The Morgan fingerprint density at radius 3 is 2.14 bits per heavy atom. The van der Waals surface area contributed by atoms with E-state index in [2.05, 4.69) is 132 Å². The molecular weight excluding hydrogens is 619 g/mol. The SMILES string of the molecule is c1ccc2c(-c3cccc4c3oc3ccccc34)nc(-c3ccc(-n4c5ccccc5c5ccc6sc7ccccc7c6c54)cc3)nc2c1. The van der Waals surface area contributed by atoms with E-state index < -0.39 is 0 Å². The van der Waals surface area contributed by atoms with Gasteiger partial charge in [0.15, 0.2) is 5.82 Å². The van der Waals surface area contributed by atoms with Gasteiger partial charge in [-0.05, 0) is 60.7 Å². The Labute approximate surface area is 284 Å².